The molecule has 1 aliphatic heterocycles. The lowest BCUT2D eigenvalue weighted by Crippen LogP contribution is -2.41. The zero-order valence-corrected chi connectivity index (χ0v) is 12.7. The molecule has 2 aromatic rings. The third-order valence-electron chi connectivity index (χ3n) is 4.11. The lowest BCUT2D eigenvalue weighted by molar-refractivity contribution is 0.356. The second kappa shape index (κ2) is 5.94. The summed E-state index contributed by atoms with van der Waals surface area (Å²) < 4.78 is 0. The van der Waals surface area contributed by atoms with Gasteiger partial charge in [0.15, 0.2) is 5.13 Å². The fourth-order valence-corrected chi connectivity index (χ4v) is 3.91. The molecule has 106 valence electrons. The summed E-state index contributed by atoms with van der Waals surface area (Å²) in [5, 5.41) is 10.1. The molecule has 4 heteroatoms. The van der Waals surface area contributed by atoms with Crippen molar-refractivity contribution in [3.8, 4) is 0 Å². The van der Waals surface area contributed by atoms with Crippen molar-refractivity contribution in [1.29, 1.82) is 0 Å². The topological polar surface area (TPSA) is 37.0 Å². The van der Waals surface area contributed by atoms with Crippen LogP contribution >= 0.6 is 11.3 Å². The molecule has 2 N–H and O–H groups in total. The first-order valence-corrected chi connectivity index (χ1v) is 8.19. The summed E-state index contributed by atoms with van der Waals surface area (Å²) in [5.74, 6) is 0. The van der Waals surface area contributed by atoms with Crippen LogP contribution in [0.2, 0.25) is 0 Å². The van der Waals surface area contributed by atoms with E-state index >= 15 is 0 Å². The van der Waals surface area contributed by atoms with Gasteiger partial charge in [0, 0.05) is 17.3 Å². The second-order valence-corrected chi connectivity index (χ2v) is 6.12. The number of nitrogens with zero attached hydrogens (tertiary/aromatic N) is 1. The summed E-state index contributed by atoms with van der Waals surface area (Å²) in [5.41, 5.74) is 2.71. The van der Waals surface area contributed by atoms with Crippen molar-refractivity contribution in [3.05, 3.63) is 47.0 Å². The normalized spacial score (nSPS) is 17.9. The van der Waals surface area contributed by atoms with Gasteiger partial charge in [-0.3, -0.25) is 0 Å². The third-order valence-corrected chi connectivity index (χ3v) is 4.91. The van der Waals surface area contributed by atoms with Crippen LogP contribution in [0.3, 0.4) is 0 Å². The molecule has 0 unspecified atom stereocenters. The van der Waals surface area contributed by atoms with Crippen molar-refractivity contribution in [2.75, 3.05) is 25.0 Å². The molecule has 0 aliphatic carbocycles. The maximum atomic E-state index is 4.85. The Balaban J connectivity index is 2.00. The molecule has 1 saturated heterocycles. The van der Waals surface area contributed by atoms with Gasteiger partial charge in [-0.25, -0.2) is 4.98 Å². The number of nitrogens with one attached hydrogen (secondary N) is 2. The minimum atomic E-state index is 0.0800. The molecule has 0 atom stereocenters. The van der Waals surface area contributed by atoms with Gasteiger partial charge in [-0.15, -0.1) is 11.3 Å². The van der Waals surface area contributed by atoms with Crippen molar-refractivity contribution >= 4 is 16.5 Å². The van der Waals surface area contributed by atoms with Crippen molar-refractivity contribution < 1.29 is 0 Å². The van der Waals surface area contributed by atoms with Crippen LogP contribution in [0.1, 0.15) is 31.0 Å². The number of benzene rings is 1. The Morgan fingerprint density at radius 2 is 2.00 bits per heavy atom. The summed E-state index contributed by atoms with van der Waals surface area (Å²) in [4.78, 5) is 4.85. The van der Waals surface area contributed by atoms with Crippen LogP contribution in [-0.2, 0) is 5.41 Å². The van der Waals surface area contributed by atoms with Gasteiger partial charge in [-0.05, 0) is 38.4 Å². The van der Waals surface area contributed by atoms with Gasteiger partial charge >= 0.3 is 0 Å². The molecule has 1 aromatic carbocycles. The molecule has 2 heterocycles. The largest absolute Gasteiger partial charge is 0.362 e. The average molecular weight is 287 g/mol. The molecule has 0 amide bonds. The lowest BCUT2D eigenvalue weighted by atomic mass is 9.71. The van der Waals surface area contributed by atoms with E-state index in [0.717, 1.165) is 37.6 Å². The van der Waals surface area contributed by atoms with Crippen molar-refractivity contribution in [2.24, 2.45) is 0 Å². The number of thiazole rings is 1. The molecular formula is C16H21N3S. The van der Waals surface area contributed by atoms with Crippen LogP contribution in [0.15, 0.2) is 35.7 Å². The van der Waals surface area contributed by atoms with Gasteiger partial charge < -0.3 is 10.6 Å². The van der Waals surface area contributed by atoms with Crippen molar-refractivity contribution in [2.45, 2.75) is 25.2 Å². The van der Waals surface area contributed by atoms with Crippen LogP contribution in [0.5, 0.6) is 0 Å². The standard InChI is InChI=1S/C16H21N3S/c1-2-18-15-19-14(12-20-15)16(8-10-17-11-9-16)13-6-4-3-5-7-13/h3-7,12,17H,2,8-11H2,1H3,(H,18,19). The van der Waals surface area contributed by atoms with Gasteiger partial charge in [0.25, 0.3) is 0 Å². The monoisotopic (exact) mass is 287 g/mol. The zero-order chi connectivity index (χ0) is 13.8. The van der Waals surface area contributed by atoms with E-state index in [2.05, 4.69) is 53.3 Å². The first-order chi connectivity index (χ1) is 9.85. The van der Waals surface area contributed by atoms with Gasteiger partial charge in [-0.2, -0.15) is 0 Å². The van der Waals surface area contributed by atoms with E-state index in [4.69, 9.17) is 4.98 Å². The van der Waals surface area contributed by atoms with E-state index in [1.165, 1.54) is 11.3 Å². The summed E-state index contributed by atoms with van der Waals surface area (Å²) >= 11 is 1.72. The molecule has 20 heavy (non-hydrogen) atoms. The minimum Gasteiger partial charge on any atom is -0.362 e. The fourth-order valence-electron chi connectivity index (χ4n) is 3.03. The average Bonchev–Trinajstić information content (AvgIpc) is 2.98. The zero-order valence-electron chi connectivity index (χ0n) is 11.9. The van der Waals surface area contributed by atoms with E-state index in [-0.39, 0.29) is 5.41 Å². The highest BCUT2D eigenvalue weighted by atomic mass is 32.1. The summed E-state index contributed by atoms with van der Waals surface area (Å²) in [7, 11) is 0. The molecule has 3 rings (SSSR count). The Labute approximate surface area is 124 Å². The summed E-state index contributed by atoms with van der Waals surface area (Å²) in [6.45, 7) is 5.15. The Morgan fingerprint density at radius 1 is 1.25 bits per heavy atom. The molecular weight excluding hydrogens is 266 g/mol. The van der Waals surface area contributed by atoms with Crippen molar-refractivity contribution in [1.82, 2.24) is 10.3 Å². The van der Waals surface area contributed by atoms with Gasteiger partial charge in [-0.1, -0.05) is 30.3 Å². The molecule has 1 aliphatic rings. The number of hydrogen-bond acceptors (Lipinski definition) is 4. The van der Waals surface area contributed by atoms with Crippen LogP contribution in [-0.4, -0.2) is 24.6 Å². The first-order valence-electron chi connectivity index (χ1n) is 7.31. The van der Waals surface area contributed by atoms with Gasteiger partial charge in [0.05, 0.1) is 5.69 Å². The Kier molecular flexibility index (Phi) is 4.03. The highest BCUT2D eigenvalue weighted by Crippen LogP contribution is 2.41. The molecule has 0 spiro atoms. The van der Waals surface area contributed by atoms with E-state index in [0.29, 0.717) is 0 Å². The van der Waals surface area contributed by atoms with Crippen LogP contribution < -0.4 is 10.6 Å². The SMILES string of the molecule is CCNc1nc(C2(c3ccccc3)CCNCC2)cs1. The Hall–Kier alpha value is -1.39. The molecule has 3 nitrogen and oxygen atoms in total. The first kappa shape index (κ1) is 13.6. The second-order valence-electron chi connectivity index (χ2n) is 5.27. The van der Waals surface area contributed by atoms with Gasteiger partial charge in [0.2, 0.25) is 0 Å². The highest BCUT2D eigenvalue weighted by Gasteiger charge is 2.37. The number of hydrogen-bond donors (Lipinski definition) is 2. The highest BCUT2D eigenvalue weighted by molar-refractivity contribution is 7.13. The smallest absolute Gasteiger partial charge is 0.182 e. The van der Waals surface area contributed by atoms with E-state index < -0.39 is 0 Å². The molecule has 1 aromatic heterocycles. The quantitative estimate of drug-likeness (QED) is 0.906. The third kappa shape index (κ3) is 2.45. The Bertz CT molecular complexity index is 544. The Morgan fingerprint density at radius 3 is 2.70 bits per heavy atom. The van der Waals surface area contributed by atoms with E-state index in [1.807, 2.05) is 0 Å². The predicted octanol–water partition coefficient (Wildman–Crippen LogP) is 3.24. The predicted molar refractivity (Wildman–Crippen MR) is 85.6 cm³/mol. The summed E-state index contributed by atoms with van der Waals surface area (Å²) in [6.07, 6.45) is 2.23. The number of aromatic nitrogens is 1. The molecule has 0 bridgehead atoms. The fraction of sp³-hybridized carbons (Fsp3) is 0.438. The van der Waals surface area contributed by atoms with Crippen LogP contribution in [0.4, 0.5) is 5.13 Å². The number of anilines is 1. The van der Waals surface area contributed by atoms with Crippen LogP contribution in [0.25, 0.3) is 0 Å². The van der Waals surface area contributed by atoms with Gasteiger partial charge in [0.1, 0.15) is 0 Å². The number of rotatable bonds is 4. The lowest BCUT2D eigenvalue weighted by Gasteiger charge is -2.37. The number of piperidine rings is 1. The van der Waals surface area contributed by atoms with E-state index in [1.54, 1.807) is 11.3 Å². The minimum absolute atomic E-state index is 0.0800. The molecule has 0 radical (unpaired) electrons. The van der Waals surface area contributed by atoms with Crippen molar-refractivity contribution in [3.63, 3.8) is 0 Å². The maximum Gasteiger partial charge on any atom is 0.182 e. The molecule has 0 saturated carbocycles. The maximum absolute atomic E-state index is 4.85. The molecule has 1 fully saturated rings. The van der Waals surface area contributed by atoms with E-state index in [9.17, 15) is 0 Å². The summed E-state index contributed by atoms with van der Waals surface area (Å²) in [6, 6.07) is 10.9. The van der Waals surface area contributed by atoms with Crippen LogP contribution in [0, 0.1) is 0 Å².